The molecule has 0 spiro atoms. The van der Waals surface area contributed by atoms with Gasteiger partial charge in [0.2, 0.25) is 5.79 Å². The average molecular weight is 846 g/mol. The van der Waals surface area contributed by atoms with Gasteiger partial charge in [0.1, 0.15) is 36.5 Å². The number of carbonyl (C=O) groups is 1. The molecule has 1 aliphatic heterocycles. The number of hydrogen-bond donors (Lipinski definition) is 2. The molecule has 6 unspecified atom stereocenters. The van der Waals surface area contributed by atoms with Gasteiger partial charge < -0.3 is 38.9 Å². The summed E-state index contributed by atoms with van der Waals surface area (Å²) in [5, 5.41) is 36.3. The van der Waals surface area contributed by atoms with Gasteiger partial charge in [0.15, 0.2) is 0 Å². The smallest absolute Gasteiger partial charge is 0.410 e. The normalized spacial score (nSPS) is 22.9. The second-order valence-corrected chi connectivity index (χ2v) is 16.0. The number of nitro benzene ring substituents is 1. The van der Waals surface area contributed by atoms with Crippen LogP contribution >= 0.6 is 0 Å². The molecule has 62 heavy (non-hydrogen) atoms. The van der Waals surface area contributed by atoms with E-state index in [0.717, 1.165) is 47.9 Å². The third kappa shape index (κ3) is 9.86. The maximum Gasteiger partial charge on any atom is 0.410 e. The van der Waals surface area contributed by atoms with Crippen molar-refractivity contribution < 1.29 is 43.7 Å². The first-order valence-electron chi connectivity index (χ1n) is 21.4. The molecule has 4 aromatic rings. The fourth-order valence-corrected chi connectivity index (χ4v) is 9.30. The minimum atomic E-state index is -1.47. The lowest BCUT2D eigenvalue weighted by atomic mass is 9.55. The Hall–Kier alpha value is -6.02. The number of allylic oxidation sites excluding steroid dienone is 1. The Bertz CT molecular complexity index is 2220. The Kier molecular flexibility index (Phi) is 14.7. The number of amides is 1. The van der Waals surface area contributed by atoms with E-state index in [9.17, 15) is 25.1 Å². The summed E-state index contributed by atoms with van der Waals surface area (Å²) in [5.74, 6) is -0.996. The molecule has 1 saturated carbocycles. The summed E-state index contributed by atoms with van der Waals surface area (Å²) in [7, 11) is 1.69. The molecule has 326 valence electrons. The van der Waals surface area contributed by atoms with Gasteiger partial charge in [-0.2, -0.15) is 0 Å². The van der Waals surface area contributed by atoms with Crippen molar-refractivity contribution in [3.63, 3.8) is 0 Å². The zero-order valence-electron chi connectivity index (χ0n) is 35.1. The lowest BCUT2D eigenvalue weighted by Gasteiger charge is -2.59. The minimum Gasteiger partial charge on any atom is -0.459 e. The van der Waals surface area contributed by atoms with Gasteiger partial charge in [-0.1, -0.05) is 96.9 Å². The lowest BCUT2D eigenvalue weighted by Crippen LogP contribution is -2.69. The van der Waals surface area contributed by atoms with Gasteiger partial charge in [0.25, 0.3) is 5.69 Å². The molecule has 1 fully saturated rings. The van der Waals surface area contributed by atoms with Crippen LogP contribution in [0.5, 0.6) is 17.2 Å². The number of carbonyl (C=O) groups excluding carboxylic acids is 1. The first kappa shape index (κ1) is 44.0. The summed E-state index contributed by atoms with van der Waals surface area (Å²) in [6, 6.07) is 30.1. The van der Waals surface area contributed by atoms with Gasteiger partial charge in [-0.3, -0.25) is 10.1 Å². The first-order valence-corrected chi connectivity index (χ1v) is 21.4. The summed E-state index contributed by atoms with van der Waals surface area (Å²) in [6.45, 7) is 4.52. The van der Waals surface area contributed by atoms with Crippen molar-refractivity contribution in [1.29, 1.82) is 0 Å². The number of oxime groups is 1. The van der Waals surface area contributed by atoms with Crippen LogP contribution < -0.4 is 9.47 Å². The molecule has 2 aliphatic carbocycles. The minimum absolute atomic E-state index is 0.0167. The number of nitro groups is 1. The summed E-state index contributed by atoms with van der Waals surface area (Å²) in [4.78, 5) is 33.1. The molecule has 1 amide bonds. The number of rotatable bonds is 20. The zero-order chi connectivity index (χ0) is 43.5. The average Bonchev–Trinajstić information content (AvgIpc) is 3.29. The van der Waals surface area contributed by atoms with E-state index in [1.807, 2.05) is 72.8 Å². The lowest BCUT2D eigenvalue weighted by molar-refractivity contribution is -0.384. The van der Waals surface area contributed by atoms with Crippen molar-refractivity contribution in [2.24, 2.45) is 22.9 Å². The zero-order valence-corrected chi connectivity index (χ0v) is 35.1. The van der Waals surface area contributed by atoms with Crippen LogP contribution in [0.4, 0.5) is 10.5 Å². The number of hydrogen-bond acceptors (Lipinski definition) is 11. The molecular formula is C49H55N3O10. The van der Waals surface area contributed by atoms with Crippen molar-refractivity contribution in [3.8, 4) is 17.2 Å². The third-order valence-electron chi connectivity index (χ3n) is 12.1. The van der Waals surface area contributed by atoms with Crippen LogP contribution in [0.15, 0.2) is 133 Å². The molecule has 2 N–H and O–H groups in total. The standard InChI is InChI=1S/C49H55N3O10/c1-3-27-59-49-45(51(2)48(55)58-32-34-15-6-4-7-16-34)31-43(50-60-33-35-17-8-5-9-18-35)41-28-36(19-10-12-25-53)40(22-11-13-26-54)46(47(41)49)42-30-39(23-24-44(42)62-49)61-38-21-14-20-37(29-38)52(56)57/h3-9,14-18,20-21,23-24,28-30,36,40,45-47,53-54H,1,10-13,19,22,25-27,31-33H2,2H3. The van der Waals surface area contributed by atoms with Crippen molar-refractivity contribution in [3.05, 3.63) is 154 Å². The van der Waals surface area contributed by atoms with Crippen LogP contribution in [-0.4, -0.2) is 70.5 Å². The Morgan fingerprint density at radius 2 is 1.61 bits per heavy atom. The predicted octanol–water partition coefficient (Wildman–Crippen LogP) is 9.49. The first-order chi connectivity index (χ1) is 30.3. The Morgan fingerprint density at radius 1 is 0.919 bits per heavy atom. The maximum atomic E-state index is 14.2. The molecule has 6 atom stereocenters. The third-order valence-corrected chi connectivity index (χ3v) is 12.1. The van der Waals surface area contributed by atoms with Gasteiger partial charge in [-0.25, -0.2) is 4.79 Å². The number of ether oxygens (including phenoxy) is 4. The fraction of sp³-hybridized carbons (Fsp3) is 0.388. The van der Waals surface area contributed by atoms with E-state index < -0.39 is 28.8 Å². The quantitative estimate of drug-likeness (QED) is 0.0379. The van der Waals surface area contributed by atoms with Crippen LogP contribution in [0, 0.1) is 27.9 Å². The van der Waals surface area contributed by atoms with Gasteiger partial charge in [-0.15, -0.1) is 6.58 Å². The number of aliphatic hydroxyl groups excluding tert-OH is 2. The number of likely N-dealkylation sites (N-methyl/N-ethyl adjacent to an activating group) is 1. The van der Waals surface area contributed by atoms with E-state index in [0.29, 0.717) is 35.8 Å². The van der Waals surface area contributed by atoms with E-state index in [2.05, 4.69) is 12.7 Å². The summed E-state index contributed by atoms with van der Waals surface area (Å²) >= 11 is 0. The predicted molar refractivity (Wildman–Crippen MR) is 234 cm³/mol. The van der Waals surface area contributed by atoms with Crippen molar-refractivity contribution in [2.45, 2.75) is 75.9 Å². The highest BCUT2D eigenvalue weighted by Crippen LogP contribution is 2.62. The van der Waals surface area contributed by atoms with Gasteiger partial charge >= 0.3 is 6.09 Å². The van der Waals surface area contributed by atoms with Crippen LogP contribution in [-0.2, 0) is 27.5 Å². The van der Waals surface area contributed by atoms with Gasteiger partial charge in [-0.05, 0) is 78.5 Å². The molecule has 4 aromatic carbocycles. The molecule has 0 saturated heterocycles. The van der Waals surface area contributed by atoms with E-state index >= 15 is 0 Å². The second-order valence-electron chi connectivity index (χ2n) is 16.0. The van der Waals surface area contributed by atoms with Gasteiger partial charge in [0.05, 0.1) is 29.2 Å². The number of unbranched alkanes of at least 4 members (excludes halogenated alkanes) is 2. The molecule has 0 aromatic heterocycles. The van der Waals surface area contributed by atoms with Crippen LogP contribution in [0.3, 0.4) is 0 Å². The van der Waals surface area contributed by atoms with Crippen molar-refractivity contribution in [1.82, 2.24) is 4.90 Å². The van der Waals surface area contributed by atoms with Crippen LogP contribution in [0.25, 0.3) is 0 Å². The maximum absolute atomic E-state index is 14.2. The Labute approximate surface area is 362 Å². The van der Waals surface area contributed by atoms with E-state index in [1.54, 1.807) is 36.2 Å². The SMILES string of the molecule is C=CCOC12Oc3ccc(Oc4cccc([N+](=O)[O-])c4)cc3C3C(CCCCO)C(CCCCO)C=C(C(=NOCc4ccccc4)CC1N(C)C(=O)OCc1ccccc1)C32. The number of nitrogens with zero attached hydrogens (tertiary/aromatic N) is 3. The Morgan fingerprint density at radius 3 is 2.31 bits per heavy atom. The Balaban J connectivity index is 1.38. The molecule has 13 heteroatoms. The van der Waals surface area contributed by atoms with Crippen LogP contribution in [0.2, 0.25) is 0 Å². The van der Waals surface area contributed by atoms with Crippen molar-refractivity contribution in [2.75, 3.05) is 26.9 Å². The monoisotopic (exact) mass is 845 g/mol. The van der Waals surface area contributed by atoms with E-state index in [1.165, 1.54) is 12.1 Å². The number of aliphatic hydroxyl groups is 2. The highest BCUT2D eigenvalue weighted by atomic mass is 16.7. The number of fused-ring (bicyclic) bond motifs is 2. The fourth-order valence-electron chi connectivity index (χ4n) is 9.30. The molecule has 1 heterocycles. The highest BCUT2D eigenvalue weighted by Gasteiger charge is 2.65. The molecule has 13 nitrogen and oxygen atoms in total. The molecule has 7 rings (SSSR count). The summed E-state index contributed by atoms with van der Waals surface area (Å²) < 4.78 is 26.4. The van der Waals surface area contributed by atoms with E-state index in [-0.39, 0.29) is 62.9 Å². The number of non-ortho nitro benzene ring substituents is 1. The molecule has 3 aliphatic rings. The summed E-state index contributed by atoms with van der Waals surface area (Å²) in [5.41, 5.74) is 4.08. The molecular weight excluding hydrogens is 791 g/mol. The molecule has 0 radical (unpaired) electrons. The van der Waals surface area contributed by atoms with E-state index in [4.69, 9.17) is 28.9 Å². The van der Waals surface area contributed by atoms with Crippen LogP contribution in [0.1, 0.15) is 67.6 Å². The second kappa shape index (κ2) is 20.7. The largest absolute Gasteiger partial charge is 0.459 e. The molecule has 0 bridgehead atoms. The van der Waals surface area contributed by atoms with Crippen molar-refractivity contribution >= 4 is 17.5 Å². The topological polar surface area (TPSA) is 162 Å². The summed E-state index contributed by atoms with van der Waals surface area (Å²) in [6.07, 6.45) is 7.91. The van der Waals surface area contributed by atoms with Gasteiger partial charge in [0, 0.05) is 44.2 Å². The highest BCUT2D eigenvalue weighted by molar-refractivity contribution is 6.03. The number of benzene rings is 4.